The number of aromatic nitrogens is 3. The Kier molecular flexibility index (Phi) is 10.2. The van der Waals surface area contributed by atoms with Crippen LogP contribution in [0.3, 0.4) is 0 Å². The standard InChI is InChI=1S/C32H49N3O3S/c1-8-9-10-11-12-13-14-15-16-17-20-39(37,38)25-18-19-27-28(23-25)34-35(33-27)29-22-24(31(2,3)4)21-26(30(29)36)32(5,6)7/h18-19,21-23,36H,8-17,20H2,1-7H3. The average Bonchev–Trinajstić information content (AvgIpc) is 3.27. The van der Waals surface area contributed by atoms with Crippen molar-refractivity contribution in [3.05, 3.63) is 41.5 Å². The molecular weight excluding hydrogens is 506 g/mol. The van der Waals surface area contributed by atoms with E-state index in [1.807, 2.05) is 6.07 Å². The summed E-state index contributed by atoms with van der Waals surface area (Å²) in [5, 5.41) is 20.4. The van der Waals surface area contributed by atoms with Crippen molar-refractivity contribution in [2.45, 2.75) is 128 Å². The Morgan fingerprint density at radius 3 is 1.87 bits per heavy atom. The highest BCUT2D eigenvalue weighted by Gasteiger charge is 2.26. The van der Waals surface area contributed by atoms with Crippen LogP contribution in [0, 0.1) is 0 Å². The maximum Gasteiger partial charge on any atom is 0.178 e. The minimum absolute atomic E-state index is 0.134. The van der Waals surface area contributed by atoms with Crippen molar-refractivity contribution >= 4 is 20.9 Å². The van der Waals surface area contributed by atoms with E-state index in [9.17, 15) is 13.5 Å². The van der Waals surface area contributed by atoms with E-state index >= 15 is 0 Å². The van der Waals surface area contributed by atoms with E-state index in [4.69, 9.17) is 0 Å². The first-order valence-corrected chi connectivity index (χ1v) is 16.4. The number of hydrogen-bond acceptors (Lipinski definition) is 5. The van der Waals surface area contributed by atoms with Crippen molar-refractivity contribution in [1.29, 1.82) is 0 Å². The Hall–Kier alpha value is -2.41. The molecule has 0 saturated carbocycles. The second-order valence-corrected chi connectivity index (χ2v) is 15.1. The Morgan fingerprint density at radius 2 is 1.31 bits per heavy atom. The van der Waals surface area contributed by atoms with E-state index in [1.165, 1.54) is 49.7 Å². The van der Waals surface area contributed by atoms with Crippen molar-refractivity contribution in [1.82, 2.24) is 15.0 Å². The normalized spacial score (nSPS) is 12.9. The first-order chi connectivity index (χ1) is 18.2. The van der Waals surface area contributed by atoms with Crippen LogP contribution in [0.5, 0.6) is 5.75 Å². The van der Waals surface area contributed by atoms with Gasteiger partial charge in [0, 0.05) is 5.56 Å². The van der Waals surface area contributed by atoms with Gasteiger partial charge < -0.3 is 5.11 Å². The van der Waals surface area contributed by atoms with Crippen LogP contribution in [-0.4, -0.2) is 34.3 Å². The van der Waals surface area contributed by atoms with Gasteiger partial charge in [-0.3, -0.25) is 0 Å². The Bertz CT molecular complexity index is 1350. The lowest BCUT2D eigenvalue weighted by atomic mass is 9.80. The molecule has 0 atom stereocenters. The van der Waals surface area contributed by atoms with Gasteiger partial charge in [0.25, 0.3) is 0 Å². The summed E-state index contributed by atoms with van der Waals surface area (Å²) in [7, 11) is -3.40. The highest BCUT2D eigenvalue weighted by Crippen LogP contribution is 2.39. The maximum absolute atomic E-state index is 13.1. The number of benzene rings is 2. The third-order valence-corrected chi connectivity index (χ3v) is 9.26. The highest BCUT2D eigenvalue weighted by molar-refractivity contribution is 7.91. The third kappa shape index (κ3) is 8.29. The Labute approximate surface area is 236 Å². The predicted octanol–water partition coefficient (Wildman–Crippen LogP) is 8.42. The topological polar surface area (TPSA) is 85.1 Å². The first kappa shape index (κ1) is 31.1. The van der Waals surface area contributed by atoms with Gasteiger partial charge in [0.2, 0.25) is 0 Å². The molecule has 2 aromatic carbocycles. The lowest BCUT2D eigenvalue weighted by molar-refractivity contribution is 0.438. The molecule has 7 heteroatoms. The molecule has 0 bridgehead atoms. The fourth-order valence-corrected chi connectivity index (χ4v) is 6.26. The minimum atomic E-state index is -3.40. The third-order valence-electron chi connectivity index (χ3n) is 7.46. The quantitative estimate of drug-likeness (QED) is 0.214. The van der Waals surface area contributed by atoms with Gasteiger partial charge in [0.15, 0.2) is 9.84 Å². The van der Waals surface area contributed by atoms with Gasteiger partial charge in [0.1, 0.15) is 22.5 Å². The SMILES string of the molecule is CCCCCCCCCCCCS(=O)(=O)c1ccc2nn(-c3cc(C(C)(C)C)cc(C(C)(C)C)c3O)nc2c1. The number of sulfone groups is 1. The second kappa shape index (κ2) is 12.8. The fraction of sp³-hybridized carbons (Fsp3) is 0.625. The van der Waals surface area contributed by atoms with Crippen LogP contribution < -0.4 is 0 Å². The molecule has 3 aromatic rings. The van der Waals surface area contributed by atoms with Crippen LogP contribution in [0.4, 0.5) is 0 Å². The number of rotatable bonds is 13. The monoisotopic (exact) mass is 555 g/mol. The van der Waals surface area contributed by atoms with Crippen molar-refractivity contribution in [3.63, 3.8) is 0 Å². The van der Waals surface area contributed by atoms with Crippen molar-refractivity contribution in [2.75, 3.05) is 5.75 Å². The van der Waals surface area contributed by atoms with Gasteiger partial charge in [-0.15, -0.1) is 15.0 Å². The second-order valence-electron chi connectivity index (χ2n) is 13.0. The van der Waals surface area contributed by atoms with Crippen LogP contribution in [0.2, 0.25) is 0 Å². The molecule has 3 rings (SSSR count). The molecule has 6 nitrogen and oxygen atoms in total. The maximum atomic E-state index is 13.1. The summed E-state index contributed by atoms with van der Waals surface area (Å²) in [6.07, 6.45) is 11.6. The molecule has 0 amide bonds. The summed E-state index contributed by atoms with van der Waals surface area (Å²) in [5.41, 5.74) is 3.07. The zero-order valence-corrected chi connectivity index (χ0v) is 26.0. The van der Waals surface area contributed by atoms with Crippen molar-refractivity contribution < 1.29 is 13.5 Å². The van der Waals surface area contributed by atoms with E-state index in [-0.39, 0.29) is 27.2 Å². The van der Waals surface area contributed by atoms with Gasteiger partial charge in [-0.2, -0.15) is 0 Å². The number of fused-ring (bicyclic) bond motifs is 1. The highest BCUT2D eigenvalue weighted by atomic mass is 32.2. The predicted molar refractivity (Wildman–Crippen MR) is 162 cm³/mol. The Balaban J connectivity index is 1.73. The number of unbranched alkanes of at least 4 members (excludes halogenated alkanes) is 9. The van der Waals surface area contributed by atoms with Crippen LogP contribution in [0.25, 0.3) is 16.7 Å². The minimum Gasteiger partial charge on any atom is -0.505 e. The molecule has 0 saturated heterocycles. The molecule has 0 aliphatic carbocycles. The molecule has 0 radical (unpaired) electrons. The lowest BCUT2D eigenvalue weighted by Crippen LogP contribution is -2.18. The molecule has 0 spiro atoms. The smallest absolute Gasteiger partial charge is 0.178 e. The molecule has 216 valence electrons. The summed E-state index contributed by atoms with van der Waals surface area (Å²) in [6.45, 7) is 14.8. The average molecular weight is 556 g/mol. The van der Waals surface area contributed by atoms with E-state index in [0.29, 0.717) is 23.1 Å². The summed E-state index contributed by atoms with van der Waals surface area (Å²) < 4.78 is 26.1. The van der Waals surface area contributed by atoms with E-state index in [1.54, 1.807) is 18.2 Å². The van der Waals surface area contributed by atoms with Gasteiger partial charge in [-0.1, -0.05) is 112 Å². The molecule has 1 heterocycles. The summed E-state index contributed by atoms with van der Waals surface area (Å²) in [5.74, 6) is 0.288. The molecule has 39 heavy (non-hydrogen) atoms. The molecular formula is C32H49N3O3S. The van der Waals surface area contributed by atoms with Gasteiger partial charge in [-0.05, 0) is 47.1 Å². The zero-order chi connectivity index (χ0) is 28.8. The number of nitrogens with zero attached hydrogens (tertiary/aromatic N) is 3. The molecule has 1 N–H and O–H groups in total. The molecule has 0 fully saturated rings. The fourth-order valence-electron chi connectivity index (χ4n) is 4.87. The van der Waals surface area contributed by atoms with E-state index in [2.05, 4.69) is 64.7 Å². The van der Waals surface area contributed by atoms with Crippen LogP contribution in [0.1, 0.15) is 124 Å². The number of phenolic OH excluding ortho intramolecular Hbond substituents is 1. The van der Waals surface area contributed by atoms with Gasteiger partial charge in [0.05, 0.1) is 10.6 Å². The van der Waals surface area contributed by atoms with Crippen LogP contribution >= 0.6 is 0 Å². The molecule has 0 aliphatic rings. The molecule has 0 aliphatic heterocycles. The first-order valence-electron chi connectivity index (χ1n) is 14.7. The summed E-state index contributed by atoms with van der Waals surface area (Å²) in [4.78, 5) is 1.71. The van der Waals surface area contributed by atoms with Gasteiger partial charge >= 0.3 is 0 Å². The number of hydrogen-bond donors (Lipinski definition) is 1. The largest absolute Gasteiger partial charge is 0.505 e. The van der Waals surface area contributed by atoms with Crippen LogP contribution in [0.15, 0.2) is 35.2 Å². The summed E-state index contributed by atoms with van der Waals surface area (Å²) in [6, 6.07) is 8.92. The van der Waals surface area contributed by atoms with Gasteiger partial charge in [-0.25, -0.2) is 8.42 Å². The lowest BCUT2D eigenvalue weighted by Gasteiger charge is -2.27. The van der Waals surface area contributed by atoms with E-state index in [0.717, 1.165) is 24.0 Å². The zero-order valence-electron chi connectivity index (χ0n) is 25.2. The molecule has 1 aromatic heterocycles. The number of phenols is 1. The number of aromatic hydroxyl groups is 1. The summed E-state index contributed by atoms with van der Waals surface area (Å²) >= 11 is 0. The van der Waals surface area contributed by atoms with Crippen molar-refractivity contribution in [2.24, 2.45) is 0 Å². The Morgan fingerprint density at radius 1 is 0.744 bits per heavy atom. The van der Waals surface area contributed by atoms with Crippen LogP contribution in [-0.2, 0) is 20.7 Å². The van der Waals surface area contributed by atoms with E-state index < -0.39 is 9.84 Å². The van der Waals surface area contributed by atoms with Crippen molar-refractivity contribution in [3.8, 4) is 11.4 Å². The molecule has 0 unspecified atom stereocenters.